The summed E-state index contributed by atoms with van der Waals surface area (Å²) in [4.78, 5) is 2.75. The van der Waals surface area contributed by atoms with E-state index in [2.05, 4.69) is 4.90 Å². The van der Waals surface area contributed by atoms with Crippen LogP contribution in [0.5, 0.6) is 0 Å². The monoisotopic (exact) mass is 209 g/mol. The van der Waals surface area contributed by atoms with Gasteiger partial charge in [0.25, 0.3) is 0 Å². The number of hydrogen-bond donors (Lipinski definition) is 0. The van der Waals surface area contributed by atoms with Crippen molar-refractivity contribution in [3.63, 3.8) is 0 Å². The van der Waals surface area contributed by atoms with Crippen molar-refractivity contribution in [2.24, 2.45) is 5.41 Å². The Hall–Kier alpha value is -0.0800. The molecule has 0 aromatic heterocycles. The molecule has 0 bridgehead atoms. The van der Waals surface area contributed by atoms with Crippen LogP contribution in [0.3, 0.4) is 0 Å². The third kappa shape index (κ3) is 1.94. The van der Waals surface area contributed by atoms with Gasteiger partial charge in [0.15, 0.2) is 0 Å². The number of hydrogen-bond acceptors (Lipinski definition) is 2. The van der Waals surface area contributed by atoms with Gasteiger partial charge in [-0.15, -0.1) is 0 Å². The molecular formula is C13H23NO. The molecule has 0 aromatic rings. The van der Waals surface area contributed by atoms with Crippen LogP contribution in [0.15, 0.2) is 0 Å². The zero-order valence-corrected chi connectivity index (χ0v) is 9.71. The van der Waals surface area contributed by atoms with Gasteiger partial charge in [0.05, 0.1) is 0 Å². The zero-order chi connectivity index (χ0) is 10.1. The van der Waals surface area contributed by atoms with Crippen LogP contribution in [-0.4, -0.2) is 37.2 Å². The third-order valence-corrected chi connectivity index (χ3v) is 4.72. The molecule has 86 valence electrons. The third-order valence-electron chi connectivity index (χ3n) is 4.72. The lowest BCUT2D eigenvalue weighted by Gasteiger charge is -2.55. The molecule has 0 unspecified atom stereocenters. The van der Waals surface area contributed by atoms with E-state index in [9.17, 15) is 0 Å². The van der Waals surface area contributed by atoms with E-state index in [0.717, 1.165) is 19.3 Å². The van der Waals surface area contributed by atoms with Gasteiger partial charge in [-0.25, -0.2) is 0 Å². The maximum absolute atomic E-state index is 5.46. The highest BCUT2D eigenvalue weighted by Crippen LogP contribution is 2.42. The molecule has 0 atom stereocenters. The largest absolute Gasteiger partial charge is 0.381 e. The molecule has 1 spiro atoms. The highest BCUT2D eigenvalue weighted by molar-refractivity contribution is 4.98. The highest BCUT2D eigenvalue weighted by Gasteiger charge is 2.45. The molecule has 2 saturated heterocycles. The van der Waals surface area contributed by atoms with E-state index < -0.39 is 0 Å². The molecule has 3 rings (SSSR count). The first kappa shape index (κ1) is 10.1. The van der Waals surface area contributed by atoms with Gasteiger partial charge in [-0.2, -0.15) is 0 Å². The van der Waals surface area contributed by atoms with Crippen molar-refractivity contribution < 1.29 is 4.74 Å². The number of likely N-dealkylation sites (tertiary alicyclic amines) is 1. The van der Waals surface area contributed by atoms with Crippen molar-refractivity contribution >= 4 is 0 Å². The van der Waals surface area contributed by atoms with Crippen molar-refractivity contribution in [2.45, 2.75) is 51.0 Å². The summed E-state index contributed by atoms with van der Waals surface area (Å²) in [5.41, 5.74) is 0.676. The van der Waals surface area contributed by atoms with Crippen molar-refractivity contribution in [3.8, 4) is 0 Å². The van der Waals surface area contributed by atoms with Crippen LogP contribution in [0.4, 0.5) is 0 Å². The average Bonchev–Trinajstić information content (AvgIpc) is 2.28. The lowest BCUT2D eigenvalue weighted by Crippen LogP contribution is -2.61. The van der Waals surface area contributed by atoms with E-state index >= 15 is 0 Å². The minimum atomic E-state index is 0.676. The summed E-state index contributed by atoms with van der Waals surface area (Å²) in [5, 5.41) is 0. The quantitative estimate of drug-likeness (QED) is 0.657. The van der Waals surface area contributed by atoms with Crippen molar-refractivity contribution in [3.05, 3.63) is 0 Å². The van der Waals surface area contributed by atoms with Gasteiger partial charge in [-0.1, -0.05) is 19.3 Å². The Morgan fingerprint density at radius 2 is 1.60 bits per heavy atom. The number of nitrogens with zero attached hydrogens (tertiary/aromatic N) is 1. The lowest BCUT2D eigenvalue weighted by atomic mass is 9.72. The van der Waals surface area contributed by atoms with Crippen molar-refractivity contribution in [1.29, 1.82) is 0 Å². The van der Waals surface area contributed by atoms with Crippen LogP contribution < -0.4 is 0 Å². The van der Waals surface area contributed by atoms with E-state index in [1.54, 1.807) is 0 Å². The molecule has 2 aliphatic heterocycles. The van der Waals surface area contributed by atoms with E-state index in [0.29, 0.717) is 5.41 Å². The van der Waals surface area contributed by atoms with Crippen LogP contribution in [-0.2, 0) is 4.74 Å². The first-order valence-electron chi connectivity index (χ1n) is 6.70. The zero-order valence-electron chi connectivity index (χ0n) is 9.71. The molecule has 3 aliphatic rings. The standard InChI is InChI=1S/C13H23NO/c1-2-4-12(5-3-1)14-10-13(11-14)6-8-15-9-7-13/h12H,1-11H2. The van der Waals surface area contributed by atoms with Crippen LogP contribution in [0.2, 0.25) is 0 Å². The maximum atomic E-state index is 5.46. The molecule has 2 nitrogen and oxygen atoms in total. The van der Waals surface area contributed by atoms with Gasteiger partial charge in [0, 0.05) is 37.8 Å². The second-order valence-electron chi connectivity index (χ2n) is 5.81. The van der Waals surface area contributed by atoms with Gasteiger partial charge < -0.3 is 4.74 Å². The number of rotatable bonds is 1. The summed E-state index contributed by atoms with van der Waals surface area (Å²) in [6.45, 7) is 4.78. The Balaban J connectivity index is 1.51. The van der Waals surface area contributed by atoms with E-state index in [4.69, 9.17) is 4.74 Å². The van der Waals surface area contributed by atoms with Gasteiger partial charge in [0.1, 0.15) is 0 Å². The smallest absolute Gasteiger partial charge is 0.0472 e. The molecule has 0 amide bonds. The first-order chi connectivity index (χ1) is 7.38. The number of ether oxygens (including phenoxy) is 1. The molecule has 0 N–H and O–H groups in total. The van der Waals surface area contributed by atoms with Gasteiger partial charge in [0.2, 0.25) is 0 Å². The molecular weight excluding hydrogens is 186 g/mol. The molecule has 0 radical (unpaired) electrons. The molecule has 1 saturated carbocycles. The van der Waals surface area contributed by atoms with Gasteiger partial charge in [-0.05, 0) is 25.7 Å². The molecule has 1 aliphatic carbocycles. The highest BCUT2D eigenvalue weighted by atomic mass is 16.5. The van der Waals surface area contributed by atoms with Crippen LogP contribution in [0.1, 0.15) is 44.9 Å². The SMILES string of the molecule is C1CCC(N2CC3(CCOCC3)C2)CC1. The van der Waals surface area contributed by atoms with Crippen molar-refractivity contribution in [2.75, 3.05) is 26.3 Å². The molecule has 3 fully saturated rings. The summed E-state index contributed by atoms with van der Waals surface area (Å²) in [6.07, 6.45) is 9.98. The fraction of sp³-hybridized carbons (Fsp3) is 1.00. The van der Waals surface area contributed by atoms with E-state index in [1.165, 1.54) is 58.0 Å². The summed E-state index contributed by atoms with van der Waals surface area (Å²) in [7, 11) is 0. The summed E-state index contributed by atoms with van der Waals surface area (Å²) in [6, 6.07) is 0.937. The predicted octanol–water partition coefficient (Wildman–Crippen LogP) is 2.43. The first-order valence-corrected chi connectivity index (χ1v) is 6.70. The van der Waals surface area contributed by atoms with Crippen LogP contribution in [0.25, 0.3) is 0 Å². The average molecular weight is 209 g/mol. The Morgan fingerprint density at radius 1 is 0.933 bits per heavy atom. The molecule has 15 heavy (non-hydrogen) atoms. The predicted molar refractivity (Wildman–Crippen MR) is 60.9 cm³/mol. The fourth-order valence-corrected chi connectivity index (χ4v) is 3.64. The summed E-state index contributed by atoms with van der Waals surface area (Å²) in [5.74, 6) is 0. The van der Waals surface area contributed by atoms with Crippen LogP contribution >= 0.6 is 0 Å². The Labute approximate surface area is 93.0 Å². The lowest BCUT2D eigenvalue weighted by molar-refractivity contribution is -0.102. The fourth-order valence-electron chi connectivity index (χ4n) is 3.64. The topological polar surface area (TPSA) is 12.5 Å². The Kier molecular flexibility index (Phi) is 2.73. The summed E-state index contributed by atoms with van der Waals surface area (Å²) < 4.78 is 5.46. The Bertz CT molecular complexity index is 209. The Morgan fingerprint density at radius 3 is 2.27 bits per heavy atom. The second kappa shape index (κ2) is 4.06. The summed E-state index contributed by atoms with van der Waals surface area (Å²) >= 11 is 0. The van der Waals surface area contributed by atoms with Gasteiger partial charge >= 0.3 is 0 Å². The van der Waals surface area contributed by atoms with Crippen molar-refractivity contribution in [1.82, 2.24) is 4.90 Å². The minimum absolute atomic E-state index is 0.676. The van der Waals surface area contributed by atoms with Crippen LogP contribution in [0, 0.1) is 5.41 Å². The molecule has 2 heterocycles. The molecule has 0 aromatic carbocycles. The molecule has 2 heteroatoms. The minimum Gasteiger partial charge on any atom is -0.381 e. The second-order valence-corrected chi connectivity index (χ2v) is 5.81. The maximum Gasteiger partial charge on any atom is 0.0472 e. The van der Waals surface area contributed by atoms with E-state index in [1.807, 2.05) is 0 Å². The normalized spacial score (nSPS) is 32.8. The van der Waals surface area contributed by atoms with E-state index in [-0.39, 0.29) is 0 Å². The van der Waals surface area contributed by atoms with Gasteiger partial charge in [-0.3, -0.25) is 4.90 Å².